The summed E-state index contributed by atoms with van der Waals surface area (Å²) in [7, 11) is 4.48. The fourth-order valence-corrected chi connectivity index (χ4v) is 2.53. The van der Waals surface area contributed by atoms with Crippen molar-refractivity contribution in [2.24, 2.45) is 17.6 Å². The highest BCUT2D eigenvalue weighted by Crippen LogP contribution is 2.15. The number of nitrogens with zero attached hydrogens (tertiary/aromatic N) is 2. The first kappa shape index (κ1) is 13.9. The van der Waals surface area contributed by atoms with Gasteiger partial charge in [0.15, 0.2) is 0 Å². The molecule has 0 aromatic heterocycles. The molecule has 1 heterocycles. The number of hydrogen-bond donors (Lipinski definition) is 1. The van der Waals surface area contributed by atoms with E-state index in [9.17, 15) is 0 Å². The van der Waals surface area contributed by atoms with Gasteiger partial charge in [-0.3, -0.25) is 0 Å². The van der Waals surface area contributed by atoms with Crippen molar-refractivity contribution in [1.82, 2.24) is 9.80 Å². The first-order chi connectivity index (χ1) is 7.61. The molecule has 1 aliphatic heterocycles. The van der Waals surface area contributed by atoms with Crippen LogP contribution < -0.4 is 5.73 Å². The molecular formula is C13H29N3. The van der Waals surface area contributed by atoms with Crippen LogP contribution in [0.1, 0.15) is 26.2 Å². The second-order valence-corrected chi connectivity index (χ2v) is 5.66. The molecule has 16 heavy (non-hydrogen) atoms. The van der Waals surface area contributed by atoms with Crippen LogP contribution in [0, 0.1) is 11.8 Å². The molecule has 3 heteroatoms. The fraction of sp³-hybridized carbons (Fsp3) is 1.00. The van der Waals surface area contributed by atoms with Crippen molar-refractivity contribution < 1.29 is 0 Å². The number of hydrogen-bond acceptors (Lipinski definition) is 3. The largest absolute Gasteiger partial charge is 0.330 e. The van der Waals surface area contributed by atoms with Crippen LogP contribution >= 0.6 is 0 Å². The third-order valence-corrected chi connectivity index (χ3v) is 3.70. The van der Waals surface area contributed by atoms with Crippen molar-refractivity contribution in [3.05, 3.63) is 0 Å². The minimum Gasteiger partial charge on any atom is -0.330 e. The highest BCUT2D eigenvalue weighted by molar-refractivity contribution is 4.75. The van der Waals surface area contributed by atoms with Crippen LogP contribution in [-0.2, 0) is 0 Å². The molecule has 0 aromatic rings. The maximum atomic E-state index is 5.62. The smallest absolute Gasteiger partial charge is 0.00193 e. The number of nitrogens with two attached hydrogens (primary N) is 1. The van der Waals surface area contributed by atoms with Crippen molar-refractivity contribution in [1.29, 1.82) is 0 Å². The van der Waals surface area contributed by atoms with Crippen LogP contribution in [0.4, 0.5) is 0 Å². The maximum Gasteiger partial charge on any atom is 0.00193 e. The van der Waals surface area contributed by atoms with E-state index in [2.05, 4.69) is 30.8 Å². The van der Waals surface area contributed by atoms with Crippen LogP contribution in [0.15, 0.2) is 0 Å². The fourth-order valence-electron chi connectivity index (χ4n) is 2.53. The van der Waals surface area contributed by atoms with Gasteiger partial charge in [0, 0.05) is 13.1 Å². The second-order valence-electron chi connectivity index (χ2n) is 5.66. The average molecular weight is 227 g/mol. The topological polar surface area (TPSA) is 32.5 Å². The van der Waals surface area contributed by atoms with E-state index < -0.39 is 0 Å². The highest BCUT2D eigenvalue weighted by Gasteiger charge is 2.20. The Bertz CT molecular complexity index is 184. The van der Waals surface area contributed by atoms with E-state index in [1.165, 1.54) is 45.4 Å². The molecule has 3 nitrogen and oxygen atoms in total. The molecular weight excluding hydrogens is 198 g/mol. The Hall–Kier alpha value is -0.120. The van der Waals surface area contributed by atoms with E-state index in [0.29, 0.717) is 5.92 Å². The maximum absolute atomic E-state index is 5.62. The zero-order valence-electron chi connectivity index (χ0n) is 11.3. The molecule has 1 aliphatic rings. The van der Waals surface area contributed by atoms with E-state index in [1.807, 2.05) is 0 Å². The van der Waals surface area contributed by atoms with Crippen molar-refractivity contribution in [2.45, 2.75) is 26.2 Å². The van der Waals surface area contributed by atoms with Gasteiger partial charge in [-0.05, 0) is 64.8 Å². The van der Waals surface area contributed by atoms with Crippen LogP contribution in [0.5, 0.6) is 0 Å². The van der Waals surface area contributed by atoms with Crippen molar-refractivity contribution in [3.8, 4) is 0 Å². The third-order valence-electron chi connectivity index (χ3n) is 3.70. The lowest BCUT2D eigenvalue weighted by molar-refractivity contribution is 0.264. The van der Waals surface area contributed by atoms with E-state index >= 15 is 0 Å². The summed E-state index contributed by atoms with van der Waals surface area (Å²) in [6, 6.07) is 0. The molecule has 2 atom stereocenters. The SMILES string of the molecule is CC(CN)CCCN(C)CC1CCN(C)C1. The predicted octanol–water partition coefficient (Wildman–Crippen LogP) is 1.24. The Kier molecular flexibility index (Phi) is 6.32. The zero-order valence-corrected chi connectivity index (χ0v) is 11.3. The van der Waals surface area contributed by atoms with Gasteiger partial charge in [-0.2, -0.15) is 0 Å². The van der Waals surface area contributed by atoms with Gasteiger partial charge in [0.05, 0.1) is 0 Å². The van der Waals surface area contributed by atoms with E-state index in [0.717, 1.165) is 12.5 Å². The molecule has 1 saturated heterocycles. The lowest BCUT2D eigenvalue weighted by Gasteiger charge is -2.21. The summed E-state index contributed by atoms with van der Waals surface area (Å²) in [4.78, 5) is 4.93. The van der Waals surface area contributed by atoms with Crippen LogP contribution in [0.25, 0.3) is 0 Å². The summed E-state index contributed by atoms with van der Waals surface area (Å²) in [5.74, 6) is 1.58. The van der Waals surface area contributed by atoms with Gasteiger partial charge in [0.2, 0.25) is 0 Å². The van der Waals surface area contributed by atoms with Gasteiger partial charge in [-0.1, -0.05) is 6.92 Å². The Morgan fingerprint density at radius 1 is 1.50 bits per heavy atom. The van der Waals surface area contributed by atoms with E-state index in [-0.39, 0.29) is 0 Å². The molecule has 96 valence electrons. The van der Waals surface area contributed by atoms with E-state index in [4.69, 9.17) is 5.73 Å². The molecule has 2 N–H and O–H groups in total. The quantitative estimate of drug-likeness (QED) is 0.710. The minimum atomic E-state index is 0.686. The summed E-state index contributed by atoms with van der Waals surface area (Å²) in [5, 5.41) is 0. The Morgan fingerprint density at radius 2 is 2.25 bits per heavy atom. The molecule has 0 aliphatic carbocycles. The molecule has 1 fully saturated rings. The highest BCUT2D eigenvalue weighted by atomic mass is 15.1. The molecule has 0 bridgehead atoms. The van der Waals surface area contributed by atoms with Crippen molar-refractivity contribution in [3.63, 3.8) is 0 Å². The molecule has 0 spiro atoms. The van der Waals surface area contributed by atoms with E-state index in [1.54, 1.807) is 0 Å². The van der Waals surface area contributed by atoms with Crippen LogP contribution in [-0.4, -0.2) is 56.6 Å². The average Bonchev–Trinajstić information content (AvgIpc) is 2.63. The van der Waals surface area contributed by atoms with Gasteiger partial charge in [-0.25, -0.2) is 0 Å². The van der Waals surface area contributed by atoms with Gasteiger partial charge in [0.25, 0.3) is 0 Å². The minimum absolute atomic E-state index is 0.686. The van der Waals surface area contributed by atoms with Crippen LogP contribution in [0.2, 0.25) is 0 Å². The molecule has 0 saturated carbocycles. The summed E-state index contributed by atoms with van der Waals surface area (Å²) >= 11 is 0. The summed E-state index contributed by atoms with van der Waals surface area (Å²) in [6.45, 7) is 8.13. The second kappa shape index (κ2) is 7.25. The van der Waals surface area contributed by atoms with Gasteiger partial charge in [0.1, 0.15) is 0 Å². The first-order valence-corrected chi connectivity index (χ1v) is 6.69. The molecule has 0 amide bonds. The molecule has 2 unspecified atom stereocenters. The predicted molar refractivity (Wildman–Crippen MR) is 70.6 cm³/mol. The number of likely N-dealkylation sites (tertiary alicyclic amines) is 1. The normalized spacial score (nSPS) is 24.2. The van der Waals surface area contributed by atoms with Gasteiger partial charge in [-0.15, -0.1) is 0 Å². The molecule has 0 aromatic carbocycles. The standard InChI is InChI=1S/C13H29N3/c1-12(9-14)5-4-7-15(2)10-13-6-8-16(3)11-13/h12-13H,4-11,14H2,1-3H3. The number of rotatable bonds is 7. The van der Waals surface area contributed by atoms with Gasteiger partial charge < -0.3 is 15.5 Å². The van der Waals surface area contributed by atoms with Crippen LogP contribution in [0.3, 0.4) is 0 Å². The lowest BCUT2D eigenvalue weighted by atomic mass is 10.1. The first-order valence-electron chi connectivity index (χ1n) is 6.69. The Labute approximate surface area is 101 Å². The molecule has 0 radical (unpaired) electrons. The monoisotopic (exact) mass is 227 g/mol. The third kappa shape index (κ3) is 5.28. The summed E-state index contributed by atoms with van der Waals surface area (Å²) in [6.07, 6.45) is 3.93. The Morgan fingerprint density at radius 3 is 2.81 bits per heavy atom. The zero-order chi connectivity index (χ0) is 12.0. The van der Waals surface area contributed by atoms with Crippen molar-refractivity contribution >= 4 is 0 Å². The van der Waals surface area contributed by atoms with Crippen molar-refractivity contribution in [2.75, 3.05) is 46.8 Å². The summed E-state index contributed by atoms with van der Waals surface area (Å²) < 4.78 is 0. The van der Waals surface area contributed by atoms with Gasteiger partial charge >= 0.3 is 0 Å². The molecule has 1 rings (SSSR count). The summed E-state index contributed by atoms with van der Waals surface area (Å²) in [5.41, 5.74) is 5.62. The Balaban J connectivity index is 2.04. The lowest BCUT2D eigenvalue weighted by Crippen LogP contribution is -2.28.